The number of rotatable bonds is 7. The zero-order valence-electron chi connectivity index (χ0n) is 19.4. The lowest BCUT2D eigenvalue weighted by Crippen LogP contribution is -2.40. The highest BCUT2D eigenvalue weighted by atomic mass is 32.1. The summed E-state index contributed by atoms with van der Waals surface area (Å²) in [5, 5.41) is 0. The predicted molar refractivity (Wildman–Crippen MR) is 131 cm³/mol. The van der Waals surface area contributed by atoms with Gasteiger partial charge in [0.05, 0.1) is 36.1 Å². The highest BCUT2D eigenvalue weighted by Gasteiger charge is 2.34. The van der Waals surface area contributed by atoms with E-state index in [1.54, 1.807) is 43.3 Å². The van der Waals surface area contributed by atoms with Crippen LogP contribution in [-0.4, -0.2) is 31.4 Å². The minimum absolute atomic E-state index is 0.00592. The van der Waals surface area contributed by atoms with Gasteiger partial charge in [-0.05, 0) is 36.8 Å². The van der Waals surface area contributed by atoms with Gasteiger partial charge in [-0.3, -0.25) is 9.36 Å². The van der Waals surface area contributed by atoms with Crippen molar-refractivity contribution in [2.75, 3.05) is 20.8 Å². The minimum atomic E-state index is -0.842. The average Bonchev–Trinajstić information content (AvgIpc) is 3.16. The first-order valence-electron chi connectivity index (χ1n) is 10.7. The fourth-order valence-corrected chi connectivity index (χ4v) is 4.90. The number of allylic oxidation sites excluding steroid dienone is 1. The highest BCUT2D eigenvalue weighted by molar-refractivity contribution is 7.07. The van der Waals surface area contributed by atoms with Crippen molar-refractivity contribution in [2.45, 2.75) is 13.0 Å². The van der Waals surface area contributed by atoms with Gasteiger partial charge in [0.25, 0.3) is 5.56 Å². The summed E-state index contributed by atoms with van der Waals surface area (Å²) in [4.78, 5) is 31.6. The molecule has 1 aliphatic heterocycles. The van der Waals surface area contributed by atoms with Crippen molar-refractivity contribution in [3.8, 4) is 11.5 Å². The van der Waals surface area contributed by atoms with Gasteiger partial charge in [0.15, 0.2) is 16.3 Å². The van der Waals surface area contributed by atoms with Crippen molar-refractivity contribution in [2.24, 2.45) is 4.99 Å². The van der Waals surface area contributed by atoms with E-state index in [9.17, 15) is 14.0 Å². The quantitative estimate of drug-likeness (QED) is 0.373. The van der Waals surface area contributed by atoms with E-state index in [1.807, 2.05) is 0 Å². The molecule has 35 heavy (non-hydrogen) atoms. The molecule has 0 aliphatic carbocycles. The maximum Gasteiger partial charge on any atom is 0.338 e. The van der Waals surface area contributed by atoms with Crippen LogP contribution in [0.3, 0.4) is 0 Å². The zero-order chi connectivity index (χ0) is 25.1. The maximum atomic E-state index is 14.3. The molecule has 0 spiro atoms. The third kappa shape index (κ3) is 4.54. The predicted octanol–water partition coefficient (Wildman–Crippen LogP) is 3.12. The first-order valence-corrected chi connectivity index (χ1v) is 11.5. The van der Waals surface area contributed by atoms with Crippen LogP contribution in [0.1, 0.15) is 24.1 Å². The summed E-state index contributed by atoms with van der Waals surface area (Å²) < 4.78 is 32.1. The normalized spacial score (nSPS) is 15.3. The van der Waals surface area contributed by atoms with E-state index >= 15 is 0 Å². The lowest BCUT2D eigenvalue weighted by molar-refractivity contribution is -0.138. The molecule has 7 nitrogen and oxygen atoms in total. The Hall–Kier alpha value is -3.98. The first kappa shape index (κ1) is 24.2. The standard InChI is InChI=1S/C26H23FN2O5S/c1-5-12-34-25(31)22-15(2)28-26-29(23(22)17-10-11-19(32-3)20(13-17)33-4)24(30)21(35-26)14-16-8-6-7-9-18(16)27/h5-11,13-14,23H,1,12H2,2-4H3/b21-14+/t23-/m0/s1. The number of esters is 1. The number of ether oxygens (including phenoxy) is 3. The van der Waals surface area contributed by atoms with Crippen LogP contribution in [0.4, 0.5) is 4.39 Å². The number of aromatic nitrogens is 1. The van der Waals surface area contributed by atoms with Crippen LogP contribution in [0.15, 0.2) is 76.2 Å². The molecule has 0 fully saturated rings. The Bertz CT molecular complexity index is 1520. The van der Waals surface area contributed by atoms with Crippen molar-refractivity contribution in [1.29, 1.82) is 0 Å². The fourth-order valence-electron chi connectivity index (χ4n) is 3.87. The van der Waals surface area contributed by atoms with Crippen molar-refractivity contribution >= 4 is 23.4 Å². The minimum Gasteiger partial charge on any atom is -0.493 e. The third-order valence-corrected chi connectivity index (χ3v) is 6.47. The van der Waals surface area contributed by atoms with Gasteiger partial charge >= 0.3 is 5.97 Å². The van der Waals surface area contributed by atoms with Crippen LogP contribution in [-0.2, 0) is 9.53 Å². The molecule has 0 saturated heterocycles. The lowest BCUT2D eigenvalue weighted by Gasteiger charge is -2.25. The summed E-state index contributed by atoms with van der Waals surface area (Å²) in [6.45, 7) is 5.27. The summed E-state index contributed by atoms with van der Waals surface area (Å²) in [5.74, 6) is -0.124. The third-order valence-electron chi connectivity index (χ3n) is 5.49. The molecule has 0 saturated carbocycles. The zero-order valence-corrected chi connectivity index (χ0v) is 20.2. The highest BCUT2D eigenvalue weighted by Crippen LogP contribution is 2.36. The Morgan fingerprint density at radius 3 is 2.63 bits per heavy atom. The van der Waals surface area contributed by atoms with Crippen LogP contribution >= 0.6 is 11.3 Å². The van der Waals surface area contributed by atoms with Gasteiger partial charge in [0.1, 0.15) is 12.4 Å². The Morgan fingerprint density at radius 1 is 1.20 bits per heavy atom. The molecular formula is C26H23FN2O5S. The second-order valence-corrected chi connectivity index (χ2v) is 8.61. The van der Waals surface area contributed by atoms with Crippen molar-refractivity contribution in [3.05, 3.63) is 103 Å². The van der Waals surface area contributed by atoms with Crippen molar-refractivity contribution < 1.29 is 23.4 Å². The molecule has 0 N–H and O–H groups in total. The number of hydrogen-bond acceptors (Lipinski definition) is 7. The van der Waals surface area contributed by atoms with E-state index in [0.717, 1.165) is 11.3 Å². The van der Waals surface area contributed by atoms with Crippen molar-refractivity contribution in [3.63, 3.8) is 0 Å². The monoisotopic (exact) mass is 494 g/mol. The van der Waals surface area contributed by atoms with Crippen LogP contribution in [0.2, 0.25) is 0 Å². The van der Waals surface area contributed by atoms with Gasteiger partial charge in [-0.1, -0.05) is 48.3 Å². The molecule has 9 heteroatoms. The molecule has 1 aromatic heterocycles. The maximum absolute atomic E-state index is 14.3. The van der Waals surface area contributed by atoms with Crippen LogP contribution < -0.4 is 24.4 Å². The molecule has 1 aliphatic rings. The average molecular weight is 495 g/mol. The van der Waals surface area contributed by atoms with E-state index in [1.165, 1.54) is 37.0 Å². The van der Waals surface area contributed by atoms with Gasteiger partial charge in [0.2, 0.25) is 0 Å². The smallest absolute Gasteiger partial charge is 0.338 e. The summed E-state index contributed by atoms with van der Waals surface area (Å²) in [7, 11) is 3.02. The largest absolute Gasteiger partial charge is 0.493 e. The Balaban J connectivity index is 1.97. The fraction of sp³-hybridized carbons (Fsp3) is 0.192. The van der Waals surface area contributed by atoms with Gasteiger partial charge < -0.3 is 14.2 Å². The molecule has 0 amide bonds. The molecular weight excluding hydrogens is 471 g/mol. The lowest BCUT2D eigenvalue weighted by atomic mass is 9.95. The number of methoxy groups -OCH3 is 2. The summed E-state index contributed by atoms with van der Waals surface area (Å²) in [6.07, 6.45) is 2.95. The number of thiazole rings is 1. The molecule has 180 valence electrons. The summed E-state index contributed by atoms with van der Waals surface area (Å²) in [6, 6.07) is 10.5. The molecule has 0 bridgehead atoms. The number of fused-ring (bicyclic) bond motifs is 1. The summed E-state index contributed by atoms with van der Waals surface area (Å²) in [5.41, 5.74) is 1.10. The van der Waals surface area contributed by atoms with Gasteiger partial charge in [-0.15, -0.1) is 0 Å². The second-order valence-electron chi connectivity index (χ2n) is 7.60. The summed E-state index contributed by atoms with van der Waals surface area (Å²) >= 11 is 1.12. The van der Waals surface area contributed by atoms with E-state index in [-0.39, 0.29) is 22.3 Å². The number of carbonyl (C=O) groups excluding carboxylic acids is 1. The molecule has 2 heterocycles. The Kier molecular flexibility index (Phi) is 6.97. The topological polar surface area (TPSA) is 79.1 Å². The van der Waals surface area contributed by atoms with Crippen LogP contribution in [0, 0.1) is 5.82 Å². The van der Waals surface area contributed by atoms with E-state index in [4.69, 9.17) is 14.2 Å². The molecule has 0 unspecified atom stereocenters. The van der Waals surface area contributed by atoms with E-state index < -0.39 is 23.4 Å². The number of nitrogens with zero attached hydrogens (tertiary/aromatic N) is 2. The van der Waals surface area contributed by atoms with Gasteiger partial charge in [-0.25, -0.2) is 14.2 Å². The number of halogens is 1. The molecule has 1 atom stereocenters. The molecule has 0 radical (unpaired) electrons. The van der Waals surface area contributed by atoms with Crippen LogP contribution in [0.5, 0.6) is 11.5 Å². The molecule has 4 rings (SSSR count). The Morgan fingerprint density at radius 2 is 1.94 bits per heavy atom. The molecule has 3 aromatic rings. The Labute approximate surface area is 204 Å². The van der Waals surface area contributed by atoms with E-state index in [2.05, 4.69) is 11.6 Å². The SMILES string of the molecule is C=CCOC(=O)C1=C(C)N=c2s/c(=C/c3ccccc3F)c(=O)n2[C@H]1c1ccc(OC)c(OC)c1. The van der Waals surface area contributed by atoms with Crippen molar-refractivity contribution in [1.82, 2.24) is 4.57 Å². The van der Waals surface area contributed by atoms with E-state index in [0.29, 0.717) is 27.6 Å². The number of benzene rings is 2. The van der Waals surface area contributed by atoms with Gasteiger partial charge in [0, 0.05) is 5.56 Å². The number of hydrogen-bond donors (Lipinski definition) is 0. The van der Waals surface area contributed by atoms with Crippen LogP contribution in [0.25, 0.3) is 6.08 Å². The number of carbonyl (C=O) groups is 1. The van der Waals surface area contributed by atoms with Gasteiger partial charge in [-0.2, -0.15) is 0 Å². The first-order chi connectivity index (χ1) is 16.9. The second kappa shape index (κ2) is 10.1. The molecule has 2 aromatic carbocycles.